The van der Waals surface area contributed by atoms with Crippen molar-refractivity contribution in [3.63, 3.8) is 0 Å². The van der Waals surface area contributed by atoms with Crippen LogP contribution in [0.3, 0.4) is 0 Å². The van der Waals surface area contributed by atoms with Gasteiger partial charge in [0, 0.05) is 27.4 Å². The topological polar surface area (TPSA) is 76.7 Å². The highest BCUT2D eigenvalue weighted by Gasteiger charge is 2.13. The van der Waals surface area contributed by atoms with Crippen molar-refractivity contribution in [2.45, 2.75) is 11.3 Å². The molecule has 3 aromatic carbocycles. The number of carbonyl (C=O) groups is 2. The number of ether oxygens (including phenoxy) is 2. The number of benzene rings is 3. The summed E-state index contributed by atoms with van der Waals surface area (Å²) in [6.07, 6.45) is 0.256. The summed E-state index contributed by atoms with van der Waals surface area (Å²) in [5, 5.41) is 6.39. The van der Waals surface area contributed by atoms with Crippen LogP contribution in [0.1, 0.15) is 5.56 Å². The second-order valence-electron chi connectivity index (χ2n) is 7.07. The zero-order valence-electron chi connectivity index (χ0n) is 17.1. The minimum absolute atomic E-state index is 0.120. The summed E-state index contributed by atoms with van der Waals surface area (Å²) in [5.74, 6) is 1.29. The lowest BCUT2D eigenvalue weighted by Crippen LogP contribution is -2.17. The van der Waals surface area contributed by atoms with E-state index in [0.29, 0.717) is 41.1 Å². The summed E-state index contributed by atoms with van der Waals surface area (Å²) in [7, 11) is 0. The molecule has 32 heavy (non-hydrogen) atoms. The number of thioether (sulfide) groups is 1. The van der Waals surface area contributed by atoms with Crippen molar-refractivity contribution >= 4 is 46.6 Å². The molecule has 0 atom stereocenters. The predicted octanol–water partition coefficient (Wildman–Crippen LogP) is 5.02. The van der Waals surface area contributed by atoms with Gasteiger partial charge in [-0.05, 0) is 48.0 Å². The van der Waals surface area contributed by atoms with Crippen molar-refractivity contribution in [3.05, 3.63) is 77.3 Å². The fourth-order valence-corrected chi connectivity index (χ4v) is 4.00. The summed E-state index contributed by atoms with van der Waals surface area (Å²) in [6, 6.07) is 19.9. The molecule has 2 amide bonds. The van der Waals surface area contributed by atoms with Crippen LogP contribution in [0, 0.1) is 0 Å². The molecular weight excluding hydrogens is 448 g/mol. The van der Waals surface area contributed by atoms with Crippen LogP contribution in [0.4, 0.5) is 11.4 Å². The Morgan fingerprint density at radius 1 is 0.844 bits per heavy atom. The van der Waals surface area contributed by atoms with Gasteiger partial charge in [0.25, 0.3) is 0 Å². The third kappa shape index (κ3) is 6.18. The molecule has 0 bridgehead atoms. The molecule has 0 aromatic heterocycles. The maximum Gasteiger partial charge on any atom is 0.234 e. The molecule has 0 aliphatic carbocycles. The van der Waals surface area contributed by atoms with E-state index >= 15 is 0 Å². The van der Waals surface area contributed by atoms with Crippen molar-refractivity contribution in [3.8, 4) is 11.5 Å². The lowest BCUT2D eigenvalue weighted by molar-refractivity contribution is -0.115. The van der Waals surface area contributed by atoms with Crippen LogP contribution < -0.4 is 20.1 Å². The van der Waals surface area contributed by atoms with Crippen molar-refractivity contribution in [2.24, 2.45) is 0 Å². The summed E-state index contributed by atoms with van der Waals surface area (Å²) in [5.41, 5.74) is 2.22. The summed E-state index contributed by atoms with van der Waals surface area (Å²) >= 11 is 7.27. The number of hydrogen-bond donors (Lipinski definition) is 2. The van der Waals surface area contributed by atoms with E-state index in [9.17, 15) is 9.59 Å². The first kappa shape index (κ1) is 22.0. The zero-order valence-corrected chi connectivity index (χ0v) is 18.7. The molecule has 164 valence electrons. The summed E-state index contributed by atoms with van der Waals surface area (Å²) in [6.45, 7) is 1.02. The van der Waals surface area contributed by atoms with E-state index in [1.54, 1.807) is 30.3 Å². The molecule has 6 nitrogen and oxygen atoms in total. The van der Waals surface area contributed by atoms with Gasteiger partial charge in [0.1, 0.15) is 13.2 Å². The lowest BCUT2D eigenvalue weighted by atomic mass is 10.1. The Balaban J connectivity index is 1.28. The Labute approximate surface area is 195 Å². The molecule has 1 aliphatic rings. The smallest absolute Gasteiger partial charge is 0.234 e. The van der Waals surface area contributed by atoms with E-state index < -0.39 is 0 Å². The Kier molecular flexibility index (Phi) is 7.19. The maximum atomic E-state index is 12.4. The molecule has 0 saturated heterocycles. The fourth-order valence-electron chi connectivity index (χ4n) is 3.12. The van der Waals surface area contributed by atoms with Gasteiger partial charge in [0.05, 0.1) is 12.2 Å². The second kappa shape index (κ2) is 10.4. The molecule has 1 aliphatic heterocycles. The molecule has 0 fully saturated rings. The second-order valence-corrected chi connectivity index (χ2v) is 8.56. The Bertz CT molecular complexity index is 1120. The van der Waals surface area contributed by atoms with Crippen LogP contribution in [0.15, 0.2) is 71.6 Å². The number of halogens is 1. The molecule has 4 rings (SSSR count). The highest BCUT2D eigenvalue weighted by Crippen LogP contribution is 2.32. The highest BCUT2D eigenvalue weighted by atomic mass is 35.5. The van der Waals surface area contributed by atoms with Gasteiger partial charge in [-0.2, -0.15) is 0 Å². The van der Waals surface area contributed by atoms with E-state index in [1.807, 2.05) is 36.4 Å². The van der Waals surface area contributed by atoms with Crippen molar-refractivity contribution in [2.75, 3.05) is 29.6 Å². The fraction of sp³-hybridized carbons (Fsp3) is 0.167. The number of hydrogen-bond acceptors (Lipinski definition) is 5. The quantitative estimate of drug-likeness (QED) is 0.476. The lowest BCUT2D eigenvalue weighted by Gasteiger charge is -2.19. The molecular formula is C24H21ClN2O4S. The monoisotopic (exact) mass is 468 g/mol. The van der Waals surface area contributed by atoms with Gasteiger partial charge in [-0.1, -0.05) is 29.8 Å². The first-order chi connectivity index (χ1) is 15.5. The van der Waals surface area contributed by atoms with E-state index in [1.165, 1.54) is 11.8 Å². The van der Waals surface area contributed by atoms with E-state index in [2.05, 4.69) is 10.6 Å². The molecule has 2 N–H and O–H groups in total. The van der Waals surface area contributed by atoms with Crippen LogP contribution in [-0.2, 0) is 16.0 Å². The number of fused-ring (bicyclic) bond motifs is 1. The standard InChI is InChI=1S/C24H21ClN2O4S/c25-17-6-4-16(5-7-17)12-23(28)26-18-2-1-3-20(13-18)32-15-24(29)27-19-8-9-21-22(14-19)31-11-10-30-21/h1-9,13-14H,10-12,15H2,(H,26,28)(H,27,29). The van der Waals surface area contributed by atoms with Crippen LogP contribution in [0.25, 0.3) is 0 Å². The average Bonchev–Trinajstić information content (AvgIpc) is 2.79. The maximum absolute atomic E-state index is 12.4. The van der Waals surface area contributed by atoms with Gasteiger partial charge >= 0.3 is 0 Å². The minimum atomic E-state index is -0.135. The van der Waals surface area contributed by atoms with E-state index in [-0.39, 0.29) is 24.0 Å². The van der Waals surface area contributed by atoms with Crippen LogP contribution in [0.2, 0.25) is 5.02 Å². The van der Waals surface area contributed by atoms with Gasteiger partial charge < -0.3 is 20.1 Å². The molecule has 0 unspecified atom stereocenters. The summed E-state index contributed by atoms with van der Waals surface area (Å²) in [4.78, 5) is 25.6. The van der Waals surface area contributed by atoms with Crippen LogP contribution >= 0.6 is 23.4 Å². The molecule has 0 saturated carbocycles. The predicted molar refractivity (Wildman–Crippen MR) is 127 cm³/mol. The first-order valence-corrected chi connectivity index (χ1v) is 11.4. The average molecular weight is 469 g/mol. The van der Waals surface area contributed by atoms with Gasteiger partial charge in [0.15, 0.2) is 11.5 Å². The SMILES string of the molecule is O=C(CSc1cccc(NC(=O)Cc2ccc(Cl)cc2)c1)Nc1ccc2c(c1)OCCO2. The zero-order chi connectivity index (χ0) is 22.3. The number of rotatable bonds is 7. The third-order valence-electron chi connectivity index (χ3n) is 4.59. The van der Waals surface area contributed by atoms with Gasteiger partial charge in [-0.25, -0.2) is 0 Å². The number of carbonyl (C=O) groups excluding carboxylic acids is 2. The Morgan fingerprint density at radius 3 is 2.38 bits per heavy atom. The van der Waals surface area contributed by atoms with Crippen molar-refractivity contribution in [1.82, 2.24) is 0 Å². The van der Waals surface area contributed by atoms with Gasteiger partial charge in [0.2, 0.25) is 11.8 Å². The Hall–Kier alpha value is -3.16. The molecule has 0 spiro atoms. The highest BCUT2D eigenvalue weighted by molar-refractivity contribution is 8.00. The normalized spacial score (nSPS) is 12.2. The first-order valence-electron chi connectivity index (χ1n) is 10.0. The molecule has 1 heterocycles. The molecule has 3 aromatic rings. The van der Waals surface area contributed by atoms with Crippen molar-refractivity contribution < 1.29 is 19.1 Å². The van der Waals surface area contributed by atoms with E-state index in [4.69, 9.17) is 21.1 Å². The van der Waals surface area contributed by atoms with Gasteiger partial charge in [-0.3, -0.25) is 9.59 Å². The number of amides is 2. The van der Waals surface area contributed by atoms with Crippen LogP contribution in [0.5, 0.6) is 11.5 Å². The minimum Gasteiger partial charge on any atom is -0.486 e. The number of anilines is 2. The molecule has 0 radical (unpaired) electrons. The van der Waals surface area contributed by atoms with E-state index in [0.717, 1.165) is 10.5 Å². The number of nitrogens with one attached hydrogen (secondary N) is 2. The largest absolute Gasteiger partial charge is 0.486 e. The van der Waals surface area contributed by atoms with Crippen molar-refractivity contribution in [1.29, 1.82) is 0 Å². The summed E-state index contributed by atoms with van der Waals surface area (Å²) < 4.78 is 11.0. The van der Waals surface area contributed by atoms with Crippen LogP contribution in [-0.4, -0.2) is 30.8 Å². The van der Waals surface area contributed by atoms with Gasteiger partial charge in [-0.15, -0.1) is 11.8 Å². The molecule has 8 heteroatoms. The Morgan fingerprint density at radius 2 is 1.56 bits per heavy atom. The third-order valence-corrected chi connectivity index (χ3v) is 5.84.